The molecule has 1 unspecified atom stereocenters. The van der Waals surface area contributed by atoms with Crippen molar-refractivity contribution in [2.75, 3.05) is 19.7 Å². The number of hydrogen-bond donors (Lipinski definition) is 5. The molecule has 40 heavy (non-hydrogen) atoms. The van der Waals surface area contributed by atoms with Gasteiger partial charge in [0.05, 0.1) is 5.92 Å². The van der Waals surface area contributed by atoms with Gasteiger partial charge in [-0.2, -0.15) is 22.0 Å². The number of benzene rings is 2. The van der Waals surface area contributed by atoms with E-state index in [9.17, 15) is 30.7 Å². The van der Waals surface area contributed by atoms with Crippen LogP contribution in [0, 0.1) is 12.8 Å². The normalized spacial score (nSPS) is 12.8. The molecule has 0 spiro atoms. The van der Waals surface area contributed by atoms with E-state index < -0.39 is 24.6 Å². The van der Waals surface area contributed by atoms with E-state index in [0.717, 1.165) is 12.5 Å². The van der Waals surface area contributed by atoms with Gasteiger partial charge in [0.25, 0.3) is 5.92 Å². The Morgan fingerprint density at radius 1 is 1.02 bits per heavy atom. The molecule has 2 aromatic carbocycles. The lowest BCUT2D eigenvalue weighted by Crippen LogP contribution is -2.29. The van der Waals surface area contributed by atoms with Crippen molar-refractivity contribution in [1.29, 1.82) is 0 Å². The van der Waals surface area contributed by atoms with Crippen LogP contribution < -0.4 is 26.4 Å². The first kappa shape index (κ1) is 37.3. The van der Waals surface area contributed by atoms with E-state index in [1.165, 1.54) is 37.3 Å². The van der Waals surface area contributed by atoms with E-state index >= 15 is 0 Å². The summed E-state index contributed by atoms with van der Waals surface area (Å²) in [4.78, 5) is 0.380. The lowest BCUT2D eigenvalue weighted by Gasteiger charge is -2.18. The fourth-order valence-electron chi connectivity index (χ4n) is 3.03. The zero-order chi connectivity index (χ0) is 30.9. The zero-order valence-electron chi connectivity index (χ0n) is 22.3. The standard InChI is InChI=1S/C17H23F5N2O2S.C9H10F2.H3NO/c1-2-11(17(20,21)22)6-7-24-9-14(23)15(27)10-25-12-4-3-5-13(8-12)26-16(18)19;1-7-3-5-8(6-4-7)9(2,10)11;1-2/h3-5,8,11,16,24,27H,2,6-7,9-10,23H2,1H3;3-6H,1-2H3;2H,1H2/b15-14-;;. The molecular formula is C26H36F7N3O3S. The molecule has 0 heterocycles. The molecular weight excluding hydrogens is 567 g/mol. The second kappa shape index (κ2) is 18.6. The predicted octanol–water partition coefficient (Wildman–Crippen LogP) is 6.78. The van der Waals surface area contributed by atoms with Gasteiger partial charge in [-0.05, 0) is 38.4 Å². The van der Waals surface area contributed by atoms with Crippen molar-refractivity contribution in [3.63, 3.8) is 0 Å². The highest BCUT2D eigenvalue weighted by Crippen LogP contribution is 2.31. The SMILES string of the molecule is CCC(CCNC/C(N)=C(/S)COc1cccc(OC(F)F)c1)C(F)(F)F.Cc1ccc(C(C)(F)F)cc1.NO. The third-order valence-electron chi connectivity index (χ3n) is 5.28. The summed E-state index contributed by atoms with van der Waals surface area (Å²) in [7, 11) is 0. The second-order valence-corrected chi connectivity index (χ2v) is 9.02. The minimum Gasteiger partial charge on any atom is -0.488 e. The molecule has 0 aliphatic heterocycles. The van der Waals surface area contributed by atoms with Gasteiger partial charge < -0.3 is 25.7 Å². The predicted molar refractivity (Wildman–Crippen MR) is 143 cm³/mol. The Hall–Kier alpha value is -2.68. The lowest BCUT2D eigenvalue weighted by molar-refractivity contribution is -0.176. The monoisotopic (exact) mass is 603 g/mol. The van der Waals surface area contributed by atoms with Gasteiger partial charge in [0, 0.05) is 35.7 Å². The highest BCUT2D eigenvalue weighted by molar-refractivity contribution is 7.84. The maximum atomic E-state index is 12.7. The molecule has 1 atom stereocenters. The average molecular weight is 604 g/mol. The van der Waals surface area contributed by atoms with Gasteiger partial charge in [0.1, 0.15) is 18.1 Å². The molecule has 6 N–H and O–H groups in total. The van der Waals surface area contributed by atoms with E-state index in [2.05, 4.69) is 28.6 Å². The average Bonchev–Trinajstić information content (AvgIpc) is 2.87. The van der Waals surface area contributed by atoms with Crippen LogP contribution in [0.5, 0.6) is 11.5 Å². The molecule has 0 fully saturated rings. The first-order chi connectivity index (χ1) is 18.6. The van der Waals surface area contributed by atoms with Crippen molar-refractivity contribution in [3.05, 3.63) is 70.3 Å². The first-order valence-corrected chi connectivity index (χ1v) is 12.4. The summed E-state index contributed by atoms with van der Waals surface area (Å²) in [6, 6.07) is 12.0. The van der Waals surface area contributed by atoms with Gasteiger partial charge >= 0.3 is 12.8 Å². The van der Waals surface area contributed by atoms with E-state index in [4.69, 9.17) is 15.7 Å². The maximum absolute atomic E-state index is 12.7. The summed E-state index contributed by atoms with van der Waals surface area (Å²) in [5.41, 5.74) is 7.22. The fraction of sp³-hybridized carbons (Fsp3) is 0.462. The van der Waals surface area contributed by atoms with Crippen LogP contribution >= 0.6 is 12.6 Å². The number of halogens is 7. The largest absolute Gasteiger partial charge is 0.488 e. The maximum Gasteiger partial charge on any atom is 0.391 e. The number of nitrogens with two attached hydrogens (primary N) is 2. The number of alkyl halides is 7. The Morgan fingerprint density at radius 2 is 1.60 bits per heavy atom. The van der Waals surface area contributed by atoms with Crippen molar-refractivity contribution in [3.8, 4) is 11.5 Å². The zero-order valence-corrected chi connectivity index (χ0v) is 23.2. The molecule has 0 saturated heterocycles. The topological polar surface area (TPSA) is 103 Å². The van der Waals surface area contributed by atoms with Crippen molar-refractivity contribution >= 4 is 12.6 Å². The van der Waals surface area contributed by atoms with Crippen LogP contribution in [0.3, 0.4) is 0 Å². The van der Waals surface area contributed by atoms with Crippen LogP contribution in [0.4, 0.5) is 30.7 Å². The lowest BCUT2D eigenvalue weighted by atomic mass is 10.0. The summed E-state index contributed by atoms with van der Waals surface area (Å²) in [5.74, 6) is -0.321. The second-order valence-electron chi connectivity index (χ2n) is 8.48. The van der Waals surface area contributed by atoms with Crippen LogP contribution in [-0.2, 0) is 5.92 Å². The summed E-state index contributed by atoms with van der Waals surface area (Å²) < 4.78 is 97.2. The molecule has 14 heteroatoms. The Kier molecular flexibility index (Phi) is 17.4. The summed E-state index contributed by atoms with van der Waals surface area (Å²) in [5, 5.41) is 9.34. The Morgan fingerprint density at radius 3 is 2.10 bits per heavy atom. The van der Waals surface area contributed by atoms with Crippen LogP contribution in [0.25, 0.3) is 0 Å². The summed E-state index contributed by atoms with van der Waals surface area (Å²) in [6.07, 6.45) is -4.22. The molecule has 0 amide bonds. The number of ether oxygens (including phenoxy) is 2. The molecule has 228 valence electrons. The number of hydrogen-bond acceptors (Lipinski definition) is 7. The van der Waals surface area contributed by atoms with E-state index in [1.54, 1.807) is 18.2 Å². The third kappa shape index (κ3) is 15.8. The first-order valence-electron chi connectivity index (χ1n) is 12.0. The Labute approximate surface area is 234 Å². The summed E-state index contributed by atoms with van der Waals surface area (Å²) >= 11 is 4.20. The molecule has 2 aromatic rings. The number of aryl methyl sites for hydroxylation is 1. The minimum atomic E-state index is -4.21. The van der Waals surface area contributed by atoms with Crippen molar-refractivity contribution in [1.82, 2.24) is 5.32 Å². The summed E-state index contributed by atoms with van der Waals surface area (Å²) in [6.45, 7) is 1.63. The van der Waals surface area contributed by atoms with Gasteiger partial charge in [0.2, 0.25) is 0 Å². The number of rotatable bonds is 12. The highest BCUT2D eigenvalue weighted by Gasteiger charge is 2.37. The van der Waals surface area contributed by atoms with Crippen molar-refractivity contribution in [2.24, 2.45) is 17.5 Å². The molecule has 0 aliphatic rings. The van der Waals surface area contributed by atoms with Crippen LogP contribution in [0.1, 0.15) is 37.8 Å². The van der Waals surface area contributed by atoms with Gasteiger partial charge in [0.15, 0.2) is 0 Å². The number of nitrogens with one attached hydrogen (secondary N) is 1. The van der Waals surface area contributed by atoms with Crippen LogP contribution in [0.2, 0.25) is 0 Å². The molecule has 0 aliphatic carbocycles. The van der Waals surface area contributed by atoms with E-state index in [0.29, 0.717) is 10.6 Å². The smallest absolute Gasteiger partial charge is 0.391 e. The molecule has 0 radical (unpaired) electrons. The Balaban J connectivity index is 0.000000968. The number of thiol groups is 1. The molecule has 0 bridgehead atoms. The highest BCUT2D eigenvalue weighted by atomic mass is 32.1. The molecule has 0 saturated carbocycles. The minimum absolute atomic E-state index is 0.0190. The van der Waals surface area contributed by atoms with Crippen LogP contribution in [-0.4, -0.2) is 37.7 Å². The van der Waals surface area contributed by atoms with Gasteiger partial charge in [-0.25, -0.2) is 14.7 Å². The fourth-order valence-corrected chi connectivity index (χ4v) is 3.18. The third-order valence-corrected chi connectivity index (χ3v) is 5.69. The van der Waals surface area contributed by atoms with Gasteiger partial charge in [-0.3, -0.25) is 0 Å². The van der Waals surface area contributed by atoms with Crippen molar-refractivity contribution in [2.45, 2.75) is 52.3 Å². The molecule has 0 aromatic heterocycles. The van der Waals surface area contributed by atoms with Crippen molar-refractivity contribution < 1.29 is 45.4 Å². The van der Waals surface area contributed by atoms with Gasteiger partial charge in [-0.15, -0.1) is 12.6 Å². The van der Waals surface area contributed by atoms with E-state index in [-0.39, 0.29) is 49.6 Å². The molecule has 2 rings (SSSR count). The van der Waals surface area contributed by atoms with Gasteiger partial charge in [-0.1, -0.05) is 42.8 Å². The van der Waals surface area contributed by atoms with Crippen LogP contribution in [0.15, 0.2) is 59.1 Å². The van der Waals surface area contributed by atoms with E-state index in [1.807, 2.05) is 6.92 Å². The quantitative estimate of drug-likeness (QED) is 0.0794. The Bertz CT molecular complexity index is 1000. The molecule has 6 nitrogen and oxygen atoms in total.